The number of rotatable bonds is 8. The Balaban J connectivity index is 5.00. The molecule has 4 heteroatoms. The van der Waals surface area contributed by atoms with Gasteiger partial charge in [-0.15, -0.1) is 0 Å². The molecule has 0 saturated heterocycles. The highest BCUT2D eigenvalue weighted by molar-refractivity contribution is 5.99. The van der Waals surface area contributed by atoms with Crippen molar-refractivity contribution in [2.75, 3.05) is 6.61 Å². The van der Waals surface area contributed by atoms with Crippen LogP contribution in [-0.2, 0) is 14.3 Å². The fraction of sp³-hybridized carbons (Fsp3) is 0.846. The summed E-state index contributed by atoms with van der Waals surface area (Å²) in [5, 5.41) is 9.39. The molecule has 1 atom stereocenters. The summed E-state index contributed by atoms with van der Waals surface area (Å²) in [6, 6.07) is 0. The minimum Gasteiger partial charge on any atom is -0.480 e. The van der Waals surface area contributed by atoms with E-state index in [0.29, 0.717) is 6.42 Å². The third-order valence-corrected chi connectivity index (χ3v) is 3.18. The fourth-order valence-corrected chi connectivity index (χ4v) is 1.98. The summed E-state index contributed by atoms with van der Waals surface area (Å²) in [4.78, 5) is 23.4. The molecule has 0 amide bonds. The maximum atomic E-state index is 11.9. The summed E-state index contributed by atoms with van der Waals surface area (Å²) >= 11 is 0. The number of carbonyl (C=O) groups excluding carboxylic acids is 1. The van der Waals surface area contributed by atoms with Crippen LogP contribution in [0.3, 0.4) is 0 Å². The second-order valence-electron chi connectivity index (χ2n) is 4.61. The maximum Gasteiger partial charge on any atom is 0.323 e. The molecule has 0 rings (SSSR count). The molecule has 0 bridgehead atoms. The third-order valence-electron chi connectivity index (χ3n) is 3.18. The molecule has 0 aromatic carbocycles. The quantitative estimate of drug-likeness (QED) is 0.405. The van der Waals surface area contributed by atoms with Gasteiger partial charge in [0.15, 0.2) is 5.41 Å². The first-order valence-electron chi connectivity index (χ1n) is 6.34. The van der Waals surface area contributed by atoms with Gasteiger partial charge in [-0.3, -0.25) is 9.59 Å². The highest BCUT2D eigenvalue weighted by atomic mass is 16.5. The highest BCUT2D eigenvalue weighted by Crippen LogP contribution is 2.35. The van der Waals surface area contributed by atoms with Crippen LogP contribution in [0, 0.1) is 11.3 Å². The van der Waals surface area contributed by atoms with E-state index in [1.807, 2.05) is 6.92 Å². The third kappa shape index (κ3) is 3.72. The summed E-state index contributed by atoms with van der Waals surface area (Å²) in [5.74, 6) is -1.93. The van der Waals surface area contributed by atoms with Crippen molar-refractivity contribution in [1.82, 2.24) is 0 Å². The lowest BCUT2D eigenvalue weighted by Gasteiger charge is -2.30. The van der Waals surface area contributed by atoms with E-state index in [-0.39, 0.29) is 12.5 Å². The Morgan fingerprint density at radius 1 is 1.24 bits per heavy atom. The van der Waals surface area contributed by atoms with Gasteiger partial charge in [-0.25, -0.2) is 0 Å². The van der Waals surface area contributed by atoms with E-state index in [0.717, 1.165) is 19.3 Å². The molecule has 0 aliphatic rings. The molecular weight excluding hydrogens is 220 g/mol. The van der Waals surface area contributed by atoms with Crippen LogP contribution in [0.25, 0.3) is 0 Å². The van der Waals surface area contributed by atoms with Crippen molar-refractivity contribution in [2.45, 2.75) is 53.4 Å². The Morgan fingerprint density at radius 2 is 1.82 bits per heavy atom. The van der Waals surface area contributed by atoms with Gasteiger partial charge in [0.1, 0.15) is 0 Å². The topological polar surface area (TPSA) is 63.6 Å². The van der Waals surface area contributed by atoms with Crippen LogP contribution in [-0.4, -0.2) is 23.7 Å². The number of hydrogen-bond acceptors (Lipinski definition) is 3. The van der Waals surface area contributed by atoms with Crippen LogP contribution < -0.4 is 0 Å². The van der Waals surface area contributed by atoms with E-state index in [4.69, 9.17) is 4.74 Å². The Hall–Kier alpha value is -1.06. The molecule has 1 N–H and O–H groups in total. The average Bonchev–Trinajstić information content (AvgIpc) is 2.23. The first-order chi connectivity index (χ1) is 7.93. The minimum atomic E-state index is -1.38. The number of aliphatic carboxylic acids is 1. The zero-order valence-electron chi connectivity index (χ0n) is 11.3. The van der Waals surface area contributed by atoms with Gasteiger partial charge in [-0.05, 0) is 19.3 Å². The minimum absolute atomic E-state index is 0.217. The molecule has 17 heavy (non-hydrogen) atoms. The lowest BCUT2D eigenvalue weighted by molar-refractivity contribution is -0.173. The predicted octanol–water partition coefficient (Wildman–Crippen LogP) is 2.86. The molecule has 0 radical (unpaired) electrons. The van der Waals surface area contributed by atoms with E-state index in [1.54, 1.807) is 20.8 Å². The van der Waals surface area contributed by atoms with Gasteiger partial charge >= 0.3 is 11.9 Å². The van der Waals surface area contributed by atoms with Gasteiger partial charge in [0, 0.05) is 0 Å². The molecule has 0 heterocycles. The van der Waals surface area contributed by atoms with E-state index < -0.39 is 17.4 Å². The number of carboxylic acid groups (broad SMARTS) is 1. The summed E-state index contributed by atoms with van der Waals surface area (Å²) < 4.78 is 4.94. The van der Waals surface area contributed by atoms with Crippen LogP contribution >= 0.6 is 0 Å². The standard InChI is InChI=1S/C13H24O4/c1-5-7-8-9-13(10(3)4,11(14)15)12(16)17-6-2/h10H,5-9H2,1-4H3,(H,14,15). The zero-order valence-corrected chi connectivity index (χ0v) is 11.3. The van der Waals surface area contributed by atoms with Gasteiger partial charge in [0.25, 0.3) is 0 Å². The zero-order chi connectivity index (χ0) is 13.5. The number of unbranched alkanes of at least 4 members (excludes halogenated alkanes) is 2. The van der Waals surface area contributed by atoms with Gasteiger partial charge < -0.3 is 9.84 Å². The Bertz CT molecular complexity index is 260. The predicted molar refractivity (Wildman–Crippen MR) is 65.7 cm³/mol. The second-order valence-corrected chi connectivity index (χ2v) is 4.61. The summed E-state index contributed by atoms with van der Waals surface area (Å²) in [5.41, 5.74) is -1.38. The van der Waals surface area contributed by atoms with E-state index in [1.165, 1.54) is 0 Å². The molecule has 1 unspecified atom stereocenters. The molecule has 100 valence electrons. The largest absolute Gasteiger partial charge is 0.480 e. The number of carboxylic acids is 1. The normalized spacial score (nSPS) is 14.4. The molecule has 0 saturated carbocycles. The summed E-state index contributed by atoms with van der Waals surface area (Å²) in [6.07, 6.45) is 3.02. The van der Waals surface area contributed by atoms with Crippen LogP contribution in [0.4, 0.5) is 0 Å². The molecular formula is C13H24O4. The number of ether oxygens (including phenoxy) is 1. The van der Waals surface area contributed by atoms with Crippen molar-refractivity contribution in [3.8, 4) is 0 Å². The smallest absolute Gasteiger partial charge is 0.323 e. The highest BCUT2D eigenvalue weighted by Gasteiger charge is 2.49. The van der Waals surface area contributed by atoms with E-state index in [2.05, 4.69) is 0 Å². The SMILES string of the molecule is CCCCCC(C(=O)O)(C(=O)OCC)C(C)C. The van der Waals surface area contributed by atoms with Crippen molar-refractivity contribution in [2.24, 2.45) is 11.3 Å². The van der Waals surface area contributed by atoms with Crippen molar-refractivity contribution in [1.29, 1.82) is 0 Å². The molecule has 0 aromatic rings. The van der Waals surface area contributed by atoms with Crippen molar-refractivity contribution in [3.05, 3.63) is 0 Å². The molecule has 0 aromatic heterocycles. The number of esters is 1. The van der Waals surface area contributed by atoms with Crippen LogP contribution in [0.2, 0.25) is 0 Å². The number of carbonyl (C=O) groups is 2. The van der Waals surface area contributed by atoms with Crippen molar-refractivity contribution >= 4 is 11.9 Å². The monoisotopic (exact) mass is 244 g/mol. The van der Waals surface area contributed by atoms with Crippen LogP contribution in [0.1, 0.15) is 53.4 Å². The van der Waals surface area contributed by atoms with Crippen LogP contribution in [0.15, 0.2) is 0 Å². The van der Waals surface area contributed by atoms with Gasteiger partial charge in [0.05, 0.1) is 6.61 Å². The lowest BCUT2D eigenvalue weighted by atomic mass is 9.73. The average molecular weight is 244 g/mol. The molecule has 0 aliphatic carbocycles. The fourth-order valence-electron chi connectivity index (χ4n) is 1.98. The molecule has 0 aliphatic heterocycles. The molecule has 4 nitrogen and oxygen atoms in total. The Kier molecular flexibility index (Phi) is 6.85. The summed E-state index contributed by atoms with van der Waals surface area (Å²) in [7, 11) is 0. The van der Waals surface area contributed by atoms with Crippen molar-refractivity contribution < 1.29 is 19.4 Å². The second kappa shape index (κ2) is 7.30. The molecule has 0 spiro atoms. The maximum absolute atomic E-state index is 11.9. The first kappa shape index (κ1) is 15.9. The summed E-state index contributed by atoms with van der Waals surface area (Å²) in [6.45, 7) is 7.47. The van der Waals surface area contributed by atoms with Crippen LogP contribution in [0.5, 0.6) is 0 Å². The first-order valence-corrected chi connectivity index (χ1v) is 6.34. The Morgan fingerprint density at radius 3 is 2.18 bits per heavy atom. The Labute approximate surface area is 103 Å². The molecule has 0 fully saturated rings. The van der Waals surface area contributed by atoms with E-state index in [9.17, 15) is 14.7 Å². The number of hydrogen-bond donors (Lipinski definition) is 1. The lowest BCUT2D eigenvalue weighted by Crippen LogP contribution is -2.45. The van der Waals surface area contributed by atoms with Crippen molar-refractivity contribution in [3.63, 3.8) is 0 Å². The van der Waals surface area contributed by atoms with Gasteiger partial charge in [-0.2, -0.15) is 0 Å². The van der Waals surface area contributed by atoms with Gasteiger partial charge in [-0.1, -0.05) is 40.0 Å². The van der Waals surface area contributed by atoms with E-state index >= 15 is 0 Å². The van der Waals surface area contributed by atoms with Gasteiger partial charge in [0.2, 0.25) is 0 Å².